The Labute approximate surface area is 202 Å². The van der Waals surface area contributed by atoms with Crippen LogP contribution >= 0.6 is 11.6 Å². The zero-order valence-corrected chi connectivity index (χ0v) is 19.7. The average molecular weight is 486 g/mol. The Balaban J connectivity index is 1.42. The van der Waals surface area contributed by atoms with Crippen LogP contribution < -0.4 is 24.6 Å². The van der Waals surface area contributed by atoms with Gasteiger partial charge in [0.05, 0.1) is 19.9 Å². The van der Waals surface area contributed by atoms with Crippen molar-refractivity contribution in [2.75, 3.05) is 50.2 Å². The quantitative estimate of drug-likeness (QED) is 0.548. The van der Waals surface area contributed by atoms with Gasteiger partial charge in [0.25, 0.3) is 5.91 Å². The number of nitrogens with one attached hydrogen (secondary N) is 1. The van der Waals surface area contributed by atoms with Crippen LogP contribution in [0.2, 0.25) is 5.02 Å². The molecule has 4 rings (SSSR count). The van der Waals surface area contributed by atoms with E-state index in [0.29, 0.717) is 29.6 Å². The number of methoxy groups -OCH3 is 2. The molecule has 34 heavy (non-hydrogen) atoms. The first-order valence-electron chi connectivity index (χ1n) is 10.8. The lowest BCUT2D eigenvalue weighted by Crippen LogP contribution is -2.47. The van der Waals surface area contributed by atoms with Gasteiger partial charge >= 0.3 is 0 Å². The Morgan fingerprint density at radius 2 is 1.85 bits per heavy atom. The molecular formula is C24H25ClFN5O3. The van der Waals surface area contributed by atoms with Crippen LogP contribution in [0.5, 0.6) is 11.6 Å². The molecule has 1 fully saturated rings. The molecule has 8 nitrogen and oxygen atoms in total. The number of piperazine rings is 1. The van der Waals surface area contributed by atoms with Crippen molar-refractivity contribution in [3.05, 3.63) is 70.6 Å². The molecule has 3 aromatic rings. The smallest absolute Gasteiger partial charge is 0.258 e. The zero-order valence-electron chi connectivity index (χ0n) is 18.9. The van der Waals surface area contributed by atoms with Crippen LogP contribution in [0.4, 0.5) is 16.0 Å². The van der Waals surface area contributed by atoms with Gasteiger partial charge in [-0.25, -0.2) is 9.37 Å². The highest BCUT2D eigenvalue weighted by Gasteiger charge is 2.24. The molecule has 0 spiro atoms. The summed E-state index contributed by atoms with van der Waals surface area (Å²) in [5.74, 6) is 0.678. The SMILES string of the molecule is COc1ccc(Cl)cc1N1CCN(c2ncc(C(=O)NCc3cccc(F)c3)c(OC)n2)CC1. The van der Waals surface area contributed by atoms with Gasteiger partial charge in [0, 0.05) is 43.9 Å². The second-order valence-corrected chi connectivity index (χ2v) is 8.13. The van der Waals surface area contributed by atoms with Gasteiger partial charge in [-0.05, 0) is 35.9 Å². The maximum atomic E-state index is 13.4. The van der Waals surface area contributed by atoms with Crippen LogP contribution in [0.25, 0.3) is 0 Å². The predicted octanol–water partition coefficient (Wildman–Crippen LogP) is 3.54. The van der Waals surface area contributed by atoms with Crippen molar-refractivity contribution < 1.29 is 18.7 Å². The molecule has 178 valence electrons. The van der Waals surface area contributed by atoms with E-state index in [1.54, 1.807) is 25.3 Å². The molecule has 0 atom stereocenters. The molecule has 0 saturated carbocycles. The minimum Gasteiger partial charge on any atom is -0.495 e. The molecule has 0 aliphatic carbocycles. The van der Waals surface area contributed by atoms with E-state index in [4.69, 9.17) is 21.1 Å². The molecule has 0 unspecified atom stereocenters. The van der Waals surface area contributed by atoms with Gasteiger partial charge in [-0.15, -0.1) is 0 Å². The summed E-state index contributed by atoms with van der Waals surface area (Å²) < 4.78 is 24.2. The molecule has 2 heterocycles. The Morgan fingerprint density at radius 3 is 2.56 bits per heavy atom. The van der Waals surface area contributed by atoms with Crippen molar-refractivity contribution in [3.63, 3.8) is 0 Å². The van der Waals surface area contributed by atoms with E-state index >= 15 is 0 Å². The maximum absolute atomic E-state index is 13.4. The van der Waals surface area contributed by atoms with E-state index in [2.05, 4.69) is 20.2 Å². The summed E-state index contributed by atoms with van der Waals surface area (Å²) in [7, 11) is 3.10. The fourth-order valence-corrected chi connectivity index (χ4v) is 3.97. The summed E-state index contributed by atoms with van der Waals surface area (Å²) in [4.78, 5) is 25.7. The molecule has 0 radical (unpaired) electrons. The van der Waals surface area contributed by atoms with Gasteiger partial charge in [-0.1, -0.05) is 23.7 Å². The highest BCUT2D eigenvalue weighted by atomic mass is 35.5. The maximum Gasteiger partial charge on any atom is 0.258 e. The number of halogens is 2. The van der Waals surface area contributed by atoms with Crippen molar-refractivity contribution in [2.45, 2.75) is 6.54 Å². The number of rotatable bonds is 7. The standard InChI is InChI=1S/C24H25ClFN5O3/c1-33-21-7-6-17(25)13-20(21)30-8-10-31(11-9-30)24-28-15-19(23(29-24)34-2)22(32)27-14-16-4-3-5-18(26)12-16/h3-7,12-13,15H,8-11,14H2,1-2H3,(H,27,32). The van der Waals surface area contributed by atoms with Crippen molar-refractivity contribution in [1.29, 1.82) is 0 Å². The second-order valence-electron chi connectivity index (χ2n) is 7.70. The third-order valence-corrected chi connectivity index (χ3v) is 5.80. The summed E-state index contributed by atoms with van der Waals surface area (Å²) in [6, 6.07) is 11.6. The van der Waals surface area contributed by atoms with Crippen molar-refractivity contribution in [2.24, 2.45) is 0 Å². The summed E-state index contributed by atoms with van der Waals surface area (Å²) in [6.45, 7) is 2.96. The van der Waals surface area contributed by atoms with Gasteiger partial charge in [0.2, 0.25) is 11.8 Å². The molecule has 1 N–H and O–H groups in total. The predicted molar refractivity (Wildman–Crippen MR) is 129 cm³/mol. The van der Waals surface area contributed by atoms with Crippen LogP contribution in [0.3, 0.4) is 0 Å². The Hall–Kier alpha value is -3.59. The van der Waals surface area contributed by atoms with Crippen LogP contribution in [0.15, 0.2) is 48.7 Å². The summed E-state index contributed by atoms with van der Waals surface area (Å²) in [5, 5.41) is 3.40. The van der Waals surface area contributed by atoms with Gasteiger partial charge in [0.15, 0.2) is 0 Å². The van der Waals surface area contributed by atoms with Crippen molar-refractivity contribution in [1.82, 2.24) is 15.3 Å². The Kier molecular flexibility index (Phi) is 7.32. The van der Waals surface area contributed by atoms with E-state index in [-0.39, 0.29) is 23.8 Å². The Morgan fingerprint density at radius 1 is 1.09 bits per heavy atom. The molecule has 1 aliphatic heterocycles. The first kappa shape index (κ1) is 23.6. The van der Waals surface area contributed by atoms with Crippen LogP contribution in [-0.4, -0.2) is 56.3 Å². The van der Waals surface area contributed by atoms with Gasteiger partial charge in [-0.2, -0.15) is 4.98 Å². The van der Waals surface area contributed by atoms with Gasteiger partial charge < -0.3 is 24.6 Å². The van der Waals surface area contributed by atoms with Crippen molar-refractivity contribution in [3.8, 4) is 11.6 Å². The van der Waals surface area contributed by atoms with E-state index < -0.39 is 5.91 Å². The third-order valence-electron chi connectivity index (χ3n) is 5.57. The number of nitrogens with zero attached hydrogens (tertiary/aromatic N) is 4. The summed E-state index contributed by atoms with van der Waals surface area (Å²) in [6.07, 6.45) is 1.45. The summed E-state index contributed by atoms with van der Waals surface area (Å²) >= 11 is 6.18. The number of carbonyl (C=O) groups is 1. The number of aromatic nitrogens is 2. The minimum absolute atomic E-state index is 0.177. The average Bonchev–Trinajstić information content (AvgIpc) is 2.87. The lowest BCUT2D eigenvalue weighted by molar-refractivity contribution is 0.0946. The molecule has 1 amide bonds. The van der Waals surface area contributed by atoms with Crippen LogP contribution in [-0.2, 0) is 6.54 Å². The van der Waals surface area contributed by atoms with Crippen LogP contribution in [0.1, 0.15) is 15.9 Å². The number of hydrogen-bond acceptors (Lipinski definition) is 7. The van der Waals surface area contributed by atoms with E-state index in [9.17, 15) is 9.18 Å². The Bertz CT molecular complexity index is 1170. The molecule has 2 aromatic carbocycles. The van der Waals surface area contributed by atoms with Gasteiger partial charge in [-0.3, -0.25) is 4.79 Å². The highest BCUT2D eigenvalue weighted by Crippen LogP contribution is 2.32. The zero-order chi connectivity index (χ0) is 24.1. The second kappa shape index (κ2) is 10.6. The van der Waals surface area contributed by atoms with E-state index in [1.807, 2.05) is 17.0 Å². The minimum atomic E-state index is -0.398. The topological polar surface area (TPSA) is 79.8 Å². The molecule has 1 aliphatic rings. The first-order valence-corrected chi connectivity index (χ1v) is 11.1. The monoisotopic (exact) mass is 485 g/mol. The molecule has 1 aromatic heterocycles. The lowest BCUT2D eigenvalue weighted by Gasteiger charge is -2.36. The summed E-state index contributed by atoms with van der Waals surface area (Å²) in [5.41, 5.74) is 1.81. The van der Waals surface area contributed by atoms with E-state index in [0.717, 1.165) is 24.5 Å². The number of ether oxygens (including phenoxy) is 2. The fraction of sp³-hybridized carbons (Fsp3) is 0.292. The highest BCUT2D eigenvalue weighted by molar-refractivity contribution is 6.30. The molecule has 10 heteroatoms. The van der Waals surface area contributed by atoms with Gasteiger partial charge in [0.1, 0.15) is 17.1 Å². The first-order chi connectivity index (χ1) is 16.5. The number of carbonyl (C=O) groups excluding carboxylic acids is 1. The molecule has 0 bridgehead atoms. The number of anilines is 2. The van der Waals surface area contributed by atoms with Crippen LogP contribution in [0, 0.1) is 5.82 Å². The third kappa shape index (κ3) is 5.31. The number of benzene rings is 2. The largest absolute Gasteiger partial charge is 0.495 e. The number of amides is 1. The number of hydrogen-bond donors (Lipinski definition) is 1. The van der Waals surface area contributed by atoms with E-state index in [1.165, 1.54) is 25.4 Å². The normalized spacial score (nSPS) is 13.5. The van der Waals surface area contributed by atoms with Crippen molar-refractivity contribution >= 4 is 29.1 Å². The lowest BCUT2D eigenvalue weighted by atomic mass is 10.2. The molecule has 1 saturated heterocycles. The molecular weight excluding hydrogens is 461 g/mol. The fourth-order valence-electron chi connectivity index (χ4n) is 3.80.